The van der Waals surface area contributed by atoms with Gasteiger partial charge in [0.25, 0.3) is 5.91 Å². The van der Waals surface area contributed by atoms with Crippen LogP contribution in [0.15, 0.2) is 48.7 Å². The first kappa shape index (κ1) is 17.5. The summed E-state index contributed by atoms with van der Waals surface area (Å²) in [5.74, 6) is 1.65. The van der Waals surface area contributed by atoms with Crippen LogP contribution in [0.1, 0.15) is 24.2 Å². The Balaban J connectivity index is 1.34. The molecule has 1 aromatic carbocycles. The normalized spacial score (nSPS) is 14.0. The zero-order valence-corrected chi connectivity index (χ0v) is 15.2. The first-order chi connectivity index (χ1) is 13.3. The summed E-state index contributed by atoms with van der Waals surface area (Å²) < 4.78 is 7.77. The molecule has 0 spiro atoms. The zero-order chi connectivity index (χ0) is 18.5. The van der Waals surface area contributed by atoms with Crippen LogP contribution in [0.3, 0.4) is 0 Å². The van der Waals surface area contributed by atoms with E-state index in [-0.39, 0.29) is 12.5 Å². The zero-order valence-electron chi connectivity index (χ0n) is 15.2. The molecule has 0 unspecified atom stereocenters. The number of carbonyl (C=O) groups is 1. The second-order valence-electron chi connectivity index (χ2n) is 6.63. The molecule has 0 bridgehead atoms. The number of carbonyl (C=O) groups excluding carboxylic acids is 1. The van der Waals surface area contributed by atoms with Crippen LogP contribution >= 0.6 is 0 Å². The molecule has 1 aliphatic rings. The predicted molar refractivity (Wildman–Crippen MR) is 101 cm³/mol. The van der Waals surface area contributed by atoms with E-state index >= 15 is 0 Å². The molecule has 7 nitrogen and oxygen atoms in total. The van der Waals surface area contributed by atoms with E-state index in [1.54, 1.807) is 0 Å². The highest BCUT2D eigenvalue weighted by Crippen LogP contribution is 2.18. The minimum Gasteiger partial charge on any atom is -0.483 e. The van der Waals surface area contributed by atoms with Crippen molar-refractivity contribution >= 4 is 11.6 Å². The Morgan fingerprint density at radius 1 is 1.04 bits per heavy atom. The summed E-state index contributed by atoms with van der Waals surface area (Å²) in [5.41, 5.74) is 1.85. The Labute approximate surface area is 158 Å². The average molecular weight is 365 g/mol. The van der Waals surface area contributed by atoms with Crippen molar-refractivity contribution in [3.05, 3.63) is 60.0 Å². The number of nitrogens with zero attached hydrogens (tertiary/aromatic N) is 4. The molecule has 1 aliphatic heterocycles. The summed E-state index contributed by atoms with van der Waals surface area (Å²) in [4.78, 5) is 14.1. The van der Waals surface area contributed by atoms with Gasteiger partial charge in [-0.1, -0.05) is 24.3 Å². The molecular weight excluding hydrogens is 342 g/mol. The summed E-state index contributed by atoms with van der Waals surface area (Å²) in [5, 5.41) is 11.8. The number of fused-ring (bicyclic) bond motifs is 1. The lowest BCUT2D eigenvalue weighted by molar-refractivity contribution is -0.132. The van der Waals surface area contributed by atoms with Crippen molar-refractivity contribution < 1.29 is 9.53 Å². The third-order valence-electron chi connectivity index (χ3n) is 4.77. The molecule has 3 aromatic rings. The van der Waals surface area contributed by atoms with E-state index in [4.69, 9.17) is 4.74 Å². The quantitative estimate of drug-likeness (QED) is 0.694. The fraction of sp³-hybridized carbons (Fsp3) is 0.350. The molecule has 7 heteroatoms. The lowest BCUT2D eigenvalue weighted by atomic mass is 10.2. The molecule has 2 aromatic heterocycles. The van der Waals surface area contributed by atoms with E-state index in [9.17, 15) is 4.79 Å². The van der Waals surface area contributed by atoms with Gasteiger partial charge in [-0.3, -0.25) is 9.20 Å². The number of hydrogen-bond acceptors (Lipinski definition) is 5. The second kappa shape index (κ2) is 8.18. The third-order valence-corrected chi connectivity index (χ3v) is 4.77. The van der Waals surface area contributed by atoms with E-state index in [2.05, 4.69) is 15.5 Å². The van der Waals surface area contributed by atoms with E-state index in [1.807, 2.05) is 58.0 Å². The number of likely N-dealkylation sites (tertiary alicyclic amines) is 1. The van der Waals surface area contributed by atoms with Gasteiger partial charge in [0.1, 0.15) is 5.75 Å². The molecule has 3 heterocycles. The minimum atomic E-state index is 0.0604. The Bertz CT molecular complexity index is 917. The van der Waals surface area contributed by atoms with Gasteiger partial charge in [0.15, 0.2) is 18.1 Å². The number of amides is 1. The van der Waals surface area contributed by atoms with E-state index in [1.165, 1.54) is 0 Å². The van der Waals surface area contributed by atoms with Crippen LogP contribution in [0, 0.1) is 0 Å². The Morgan fingerprint density at radius 2 is 1.85 bits per heavy atom. The lowest BCUT2D eigenvalue weighted by Gasteiger charge is -2.17. The van der Waals surface area contributed by atoms with Crippen molar-refractivity contribution in [3.63, 3.8) is 0 Å². The molecule has 1 saturated heterocycles. The number of rotatable bonds is 7. The van der Waals surface area contributed by atoms with Gasteiger partial charge < -0.3 is 15.0 Å². The number of hydrogen-bond donors (Lipinski definition) is 1. The first-order valence-electron chi connectivity index (χ1n) is 9.29. The molecule has 27 heavy (non-hydrogen) atoms. The van der Waals surface area contributed by atoms with Crippen LogP contribution in [0.2, 0.25) is 0 Å². The molecule has 1 fully saturated rings. The van der Waals surface area contributed by atoms with E-state index in [0.29, 0.717) is 13.1 Å². The number of pyridine rings is 1. The predicted octanol–water partition coefficient (Wildman–Crippen LogP) is 2.02. The number of para-hydroxylation sites is 1. The van der Waals surface area contributed by atoms with Crippen molar-refractivity contribution in [1.82, 2.24) is 24.8 Å². The van der Waals surface area contributed by atoms with E-state index < -0.39 is 0 Å². The maximum atomic E-state index is 12.2. The molecule has 0 radical (unpaired) electrons. The van der Waals surface area contributed by atoms with Crippen molar-refractivity contribution in [2.45, 2.75) is 25.9 Å². The lowest BCUT2D eigenvalue weighted by Crippen LogP contribution is -2.32. The summed E-state index contributed by atoms with van der Waals surface area (Å²) >= 11 is 0. The van der Waals surface area contributed by atoms with Crippen molar-refractivity contribution in [2.75, 3.05) is 19.7 Å². The standard InChI is InChI=1S/C20H23N5O2/c26-20(24-10-5-6-11-24)15-27-17-8-2-1-7-16(17)13-21-14-19-23-22-18-9-3-4-12-25(18)19/h1-4,7-9,12,21H,5-6,10-11,13-15H2. The number of aromatic nitrogens is 3. The smallest absolute Gasteiger partial charge is 0.260 e. The number of ether oxygens (including phenoxy) is 1. The van der Waals surface area contributed by atoms with Crippen LogP contribution in [0.5, 0.6) is 5.75 Å². The van der Waals surface area contributed by atoms with Crippen molar-refractivity contribution in [2.24, 2.45) is 0 Å². The van der Waals surface area contributed by atoms with Crippen LogP contribution < -0.4 is 10.1 Å². The van der Waals surface area contributed by atoms with Gasteiger partial charge in [0.2, 0.25) is 0 Å². The van der Waals surface area contributed by atoms with Gasteiger partial charge in [-0.25, -0.2) is 0 Å². The molecule has 0 atom stereocenters. The monoisotopic (exact) mass is 365 g/mol. The minimum absolute atomic E-state index is 0.0604. The van der Waals surface area contributed by atoms with Gasteiger partial charge in [0, 0.05) is 31.4 Å². The van der Waals surface area contributed by atoms with Gasteiger partial charge in [0.05, 0.1) is 6.54 Å². The SMILES string of the molecule is O=C(COc1ccccc1CNCc1nnc2ccccn12)N1CCCC1. The molecule has 0 aliphatic carbocycles. The molecule has 0 saturated carbocycles. The highest BCUT2D eigenvalue weighted by Gasteiger charge is 2.18. The molecular formula is C20H23N5O2. The van der Waals surface area contributed by atoms with Gasteiger partial charge in [-0.05, 0) is 31.0 Å². The maximum Gasteiger partial charge on any atom is 0.260 e. The summed E-state index contributed by atoms with van der Waals surface area (Å²) in [6, 6.07) is 13.6. The van der Waals surface area contributed by atoms with Crippen LogP contribution in [-0.2, 0) is 17.9 Å². The molecule has 1 N–H and O–H groups in total. The largest absolute Gasteiger partial charge is 0.483 e. The summed E-state index contributed by atoms with van der Waals surface area (Å²) in [7, 11) is 0. The van der Waals surface area contributed by atoms with Crippen molar-refractivity contribution in [1.29, 1.82) is 0 Å². The Kier molecular flexibility index (Phi) is 5.29. The van der Waals surface area contributed by atoms with Crippen LogP contribution in [0.4, 0.5) is 0 Å². The van der Waals surface area contributed by atoms with Crippen LogP contribution in [0.25, 0.3) is 5.65 Å². The third kappa shape index (κ3) is 4.09. The molecule has 1 amide bonds. The maximum absolute atomic E-state index is 12.2. The van der Waals surface area contributed by atoms with E-state index in [0.717, 1.165) is 48.7 Å². The summed E-state index contributed by atoms with van der Waals surface area (Å²) in [6.07, 6.45) is 4.13. The number of nitrogens with one attached hydrogen (secondary N) is 1. The van der Waals surface area contributed by atoms with Gasteiger partial charge >= 0.3 is 0 Å². The molecule has 140 valence electrons. The fourth-order valence-corrected chi connectivity index (χ4v) is 3.31. The van der Waals surface area contributed by atoms with Gasteiger partial charge in [-0.2, -0.15) is 0 Å². The first-order valence-corrected chi connectivity index (χ1v) is 9.29. The molecule has 4 rings (SSSR count). The summed E-state index contributed by atoms with van der Waals surface area (Å²) in [6.45, 7) is 2.99. The van der Waals surface area contributed by atoms with Crippen molar-refractivity contribution in [3.8, 4) is 5.75 Å². The number of benzene rings is 1. The van der Waals surface area contributed by atoms with Gasteiger partial charge in [-0.15, -0.1) is 10.2 Å². The topological polar surface area (TPSA) is 71.8 Å². The highest BCUT2D eigenvalue weighted by molar-refractivity contribution is 5.78. The highest BCUT2D eigenvalue weighted by atomic mass is 16.5. The Hall–Kier alpha value is -2.93. The average Bonchev–Trinajstić information content (AvgIpc) is 3.37. The second-order valence-corrected chi connectivity index (χ2v) is 6.63. The van der Waals surface area contributed by atoms with Crippen LogP contribution in [-0.4, -0.2) is 45.1 Å². The Morgan fingerprint density at radius 3 is 2.74 bits per heavy atom. The fourth-order valence-electron chi connectivity index (χ4n) is 3.31.